The smallest absolute Gasteiger partial charge is 0.272 e. The number of phenolic OH excluding ortho intramolecular Hbond substituents is 1. The maximum Gasteiger partial charge on any atom is 0.272 e. The lowest BCUT2D eigenvalue weighted by Gasteiger charge is -2.18. The van der Waals surface area contributed by atoms with E-state index in [-0.39, 0.29) is 17.4 Å². The molecule has 0 bridgehead atoms. The standard InChI is InChI=1S/C38H33N3O6S/c1-46-31-17-9-15-28(22-31)40-38(45)35(25-11-5-3-6-12-25)48-32-18-10-16-29(23-32)39-37(44)33(41-36(43)26-13-7-4-8-14-26)21-27-19-20-30(42)24-34(27)47-2/h3-24,35,42H,1-2H3,(H,39,44)(H,40,45)(H,41,43)/b33-21+. The Morgan fingerprint density at radius 3 is 2.12 bits per heavy atom. The number of ether oxygens (including phenoxy) is 2. The van der Waals surface area contributed by atoms with E-state index >= 15 is 0 Å². The van der Waals surface area contributed by atoms with E-state index in [2.05, 4.69) is 16.0 Å². The van der Waals surface area contributed by atoms with Crippen LogP contribution < -0.4 is 25.4 Å². The summed E-state index contributed by atoms with van der Waals surface area (Å²) < 4.78 is 10.7. The number of rotatable bonds is 12. The van der Waals surface area contributed by atoms with Gasteiger partial charge in [-0.15, -0.1) is 11.8 Å². The highest BCUT2D eigenvalue weighted by Crippen LogP contribution is 2.37. The number of hydrogen-bond donors (Lipinski definition) is 4. The van der Waals surface area contributed by atoms with Crippen LogP contribution in [-0.4, -0.2) is 37.0 Å². The molecule has 3 amide bonds. The van der Waals surface area contributed by atoms with Crippen molar-refractivity contribution in [1.29, 1.82) is 0 Å². The van der Waals surface area contributed by atoms with E-state index in [1.165, 1.54) is 37.1 Å². The summed E-state index contributed by atoms with van der Waals surface area (Å²) >= 11 is 1.33. The number of aromatic hydroxyl groups is 1. The topological polar surface area (TPSA) is 126 Å². The molecule has 0 saturated carbocycles. The number of methoxy groups -OCH3 is 2. The van der Waals surface area contributed by atoms with Crippen LogP contribution in [0.5, 0.6) is 17.2 Å². The molecule has 4 N–H and O–H groups in total. The summed E-state index contributed by atoms with van der Waals surface area (Å²) in [5.41, 5.74) is 2.63. The second kappa shape index (κ2) is 16.0. The molecule has 0 saturated heterocycles. The molecule has 1 unspecified atom stereocenters. The minimum Gasteiger partial charge on any atom is -0.508 e. The minimum absolute atomic E-state index is 0.0105. The van der Waals surface area contributed by atoms with Gasteiger partial charge in [-0.3, -0.25) is 14.4 Å². The third kappa shape index (κ3) is 8.83. The number of hydrogen-bond acceptors (Lipinski definition) is 7. The number of carbonyl (C=O) groups is 3. The Hall–Kier alpha value is -6.00. The molecule has 0 fully saturated rings. The highest BCUT2D eigenvalue weighted by molar-refractivity contribution is 8.00. The summed E-state index contributed by atoms with van der Waals surface area (Å²) in [5, 5.41) is 17.8. The summed E-state index contributed by atoms with van der Waals surface area (Å²) in [6, 6.07) is 36.6. The zero-order valence-corrected chi connectivity index (χ0v) is 27.0. The molecule has 242 valence electrons. The molecule has 0 aliphatic heterocycles. The van der Waals surface area contributed by atoms with Crippen molar-refractivity contribution >= 4 is 46.9 Å². The van der Waals surface area contributed by atoms with Crippen molar-refractivity contribution < 1.29 is 29.0 Å². The number of amides is 3. The highest BCUT2D eigenvalue weighted by atomic mass is 32.2. The number of carbonyl (C=O) groups excluding carboxylic acids is 3. The molecular weight excluding hydrogens is 627 g/mol. The second-order valence-corrected chi connectivity index (χ2v) is 11.6. The Morgan fingerprint density at radius 1 is 0.729 bits per heavy atom. The molecule has 0 spiro atoms. The van der Waals surface area contributed by atoms with Gasteiger partial charge >= 0.3 is 0 Å². The maximum absolute atomic E-state index is 13.7. The van der Waals surface area contributed by atoms with Crippen molar-refractivity contribution in [2.45, 2.75) is 10.1 Å². The monoisotopic (exact) mass is 659 g/mol. The number of benzene rings is 5. The molecule has 9 nitrogen and oxygen atoms in total. The van der Waals surface area contributed by atoms with Crippen LogP contribution in [0.15, 0.2) is 138 Å². The Morgan fingerprint density at radius 2 is 1.42 bits per heavy atom. The summed E-state index contributed by atoms with van der Waals surface area (Å²) in [4.78, 5) is 41.1. The molecule has 5 rings (SSSR count). The van der Waals surface area contributed by atoms with Gasteiger partial charge in [-0.25, -0.2) is 0 Å². The Bertz CT molecular complexity index is 1930. The zero-order valence-electron chi connectivity index (χ0n) is 26.2. The molecule has 0 heterocycles. The molecular formula is C38H33N3O6S. The van der Waals surface area contributed by atoms with Crippen LogP contribution >= 0.6 is 11.8 Å². The molecule has 0 aliphatic rings. The molecule has 0 radical (unpaired) electrons. The number of nitrogens with one attached hydrogen (secondary N) is 3. The molecule has 48 heavy (non-hydrogen) atoms. The first-order valence-corrected chi connectivity index (χ1v) is 15.7. The van der Waals surface area contributed by atoms with Crippen molar-refractivity contribution in [3.63, 3.8) is 0 Å². The van der Waals surface area contributed by atoms with E-state index in [0.717, 1.165) is 10.5 Å². The fourth-order valence-corrected chi connectivity index (χ4v) is 5.79. The quantitative estimate of drug-likeness (QED) is 0.0819. The Kier molecular flexibility index (Phi) is 11.1. The number of thioether (sulfide) groups is 1. The summed E-state index contributed by atoms with van der Waals surface area (Å²) in [6.45, 7) is 0. The fourth-order valence-electron chi connectivity index (χ4n) is 4.71. The highest BCUT2D eigenvalue weighted by Gasteiger charge is 2.23. The van der Waals surface area contributed by atoms with E-state index in [1.54, 1.807) is 86.0 Å². The van der Waals surface area contributed by atoms with E-state index in [4.69, 9.17) is 9.47 Å². The average Bonchev–Trinajstić information content (AvgIpc) is 3.11. The normalized spacial score (nSPS) is 11.6. The van der Waals surface area contributed by atoms with Gasteiger partial charge in [0.05, 0.1) is 14.2 Å². The van der Waals surface area contributed by atoms with Gasteiger partial charge in [0.1, 0.15) is 28.2 Å². The van der Waals surface area contributed by atoms with Gasteiger partial charge in [-0.05, 0) is 66.2 Å². The zero-order chi connectivity index (χ0) is 33.9. The minimum atomic E-state index is -0.620. The molecule has 5 aromatic carbocycles. The van der Waals surface area contributed by atoms with Gasteiger partial charge in [0.2, 0.25) is 5.91 Å². The van der Waals surface area contributed by atoms with Crippen LogP contribution in [0.4, 0.5) is 11.4 Å². The summed E-state index contributed by atoms with van der Waals surface area (Å²) in [6.07, 6.45) is 1.47. The first kappa shape index (κ1) is 33.4. The predicted molar refractivity (Wildman–Crippen MR) is 188 cm³/mol. The van der Waals surface area contributed by atoms with Gasteiger partial charge in [0.25, 0.3) is 11.8 Å². The van der Waals surface area contributed by atoms with Gasteiger partial charge < -0.3 is 30.5 Å². The van der Waals surface area contributed by atoms with E-state index in [9.17, 15) is 19.5 Å². The van der Waals surface area contributed by atoms with Crippen LogP contribution in [0, 0.1) is 0 Å². The van der Waals surface area contributed by atoms with Gasteiger partial charge in [-0.2, -0.15) is 0 Å². The van der Waals surface area contributed by atoms with Gasteiger partial charge in [-0.1, -0.05) is 60.7 Å². The third-order valence-electron chi connectivity index (χ3n) is 7.07. The third-order valence-corrected chi connectivity index (χ3v) is 8.32. The van der Waals surface area contributed by atoms with Crippen LogP contribution in [0.25, 0.3) is 6.08 Å². The largest absolute Gasteiger partial charge is 0.508 e. The summed E-state index contributed by atoms with van der Waals surface area (Å²) in [5.74, 6) is -0.378. The maximum atomic E-state index is 13.7. The molecule has 1 atom stereocenters. The molecule has 5 aromatic rings. The average molecular weight is 660 g/mol. The molecule has 0 aliphatic carbocycles. The van der Waals surface area contributed by atoms with Crippen molar-refractivity contribution in [3.8, 4) is 17.2 Å². The van der Waals surface area contributed by atoms with E-state index in [1.807, 2.05) is 36.4 Å². The van der Waals surface area contributed by atoms with E-state index < -0.39 is 17.1 Å². The Balaban J connectivity index is 1.40. The SMILES string of the molecule is COc1cccc(NC(=O)C(Sc2cccc(NC(=O)/C(=C\c3ccc(O)cc3OC)NC(=O)c3ccccc3)c2)c2ccccc2)c1. The summed E-state index contributed by atoms with van der Waals surface area (Å²) in [7, 11) is 3.01. The van der Waals surface area contributed by atoms with Crippen LogP contribution in [0.3, 0.4) is 0 Å². The number of phenols is 1. The predicted octanol–water partition coefficient (Wildman–Crippen LogP) is 7.29. The molecule has 10 heteroatoms. The van der Waals surface area contributed by atoms with Gasteiger partial charge in [0, 0.05) is 39.5 Å². The van der Waals surface area contributed by atoms with Crippen LogP contribution in [-0.2, 0) is 9.59 Å². The lowest BCUT2D eigenvalue weighted by atomic mass is 10.1. The van der Waals surface area contributed by atoms with Crippen LogP contribution in [0.1, 0.15) is 26.7 Å². The van der Waals surface area contributed by atoms with E-state index in [0.29, 0.717) is 34.0 Å². The van der Waals surface area contributed by atoms with Crippen molar-refractivity contribution in [2.75, 3.05) is 24.9 Å². The van der Waals surface area contributed by atoms with Crippen molar-refractivity contribution in [3.05, 3.63) is 150 Å². The molecule has 0 aromatic heterocycles. The number of anilines is 2. The lowest BCUT2D eigenvalue weighted by Crippen LogP contribution is -2.30. The van der Waals surface area contributed by atoms with Crippen LogP contribution in [0.2, 0.25) is 0 Å². The van der Waals surface area contributed by atoms with Crippen molar-refractivity contribution in [2.24, 2.45) is 0 Å². The fraction of sp³-hybridized carbons (Fsp3) is 0.0789. The first-order chi connectivity index (χ1) is 23.3. The second-order valence-electron chi connectivity index (χ2n) is 10.4. The Labute approximate surface area is 282 Å². The lowest BCUT2D eigenvalue weighted by molar-refractivity contribution is -0.116. The first-order valence-electron chi connectivity index (χ1n) is 14.9. The van der Waals surface area contributed by atoms with Crippen molar-refractivity contribution in [1.82, 2.24) is 5.32 Å². The van der Waals surface area contributed by atoms with Gasteiger partial charge in [0.15, 0.2) is 0 Å².